The molecule has 0 bridgehead atoms. The molecule has 17 heavy (non-hydrogen) atoms. The highest BCUT2D eigenvalue weighted by Crippen LogP contribution is 2.33. The van der Waals surface area contributed by atoms with Gasteiger partial charge in [-0.25, -0.2) is 0 Å². The molecule has 0 radical (unpaired) electrons. The second-order valence-corrected chi connectivity index (χ2v) is 4.36. The average Bonchev–Trinajstić information content (AvgIpc) is 2.76. The molecule has 86 valence electrons. The first-order chi connectivity index (χ1) is 8.33. The number of rotatable bonds is 2. The van der Waals surface area contributed by atoms with Gasteiger partial charge in [0.1, 0.15) is 6.10 Å². The Balaban J connectivity index is 1.81. The number of nitrogens with zero attached hydrogens (tertiary/aromatic N) is 2. The first kappa shape index (κ1) is 10.3. The van der Waals surface area contributed by atoms with E-state index in [-0.39, 0.29) is 6.10 Å². The Morgan fingerprint density at radius 2 is 2.00 bits per heavy atom. The number of aryl methyl sites for hydroxylation is 2. The normalized spacial score (nSPS) is 17.8. The van der Waals surface area contributed by atoms with Crippen molar-refractivity contribution in [3.05, 3.63) is 53.2 Å². The van der Waals surface area contributed by atoms with Gasteiger partial charge in [-0.3, -0.25) is 0 Å². The summed E-state index contributed by atoms with van der Waals surface area (Å²) in [5.41, 5.74) is 3.58. The van der Waals surface area contributed by atoms with E-state index < -0.39 is 0 Å². The maximum atomic E-state index is 5.88. The van der Waals surface area contributed by atoms with Gasteiger partial charge < -0.3 is 4.74 Å². The summed E-state index contributed by atoms with van der Waals surface area (Å²) < 4.78 is 5.88. The van der Waals surface area contributed by atoms with Crippen LogP contribution in [0.25, 0.3) is 0 Å². The van der Waals surface area contributed by atoms with Gasteiger partial charge in [0.2, 0.25) is 5.88 Å². The standard InChI is InChI=1S/C14H14N2O/c1-10-6-9-14(16-15-10)17-13-8-7-11-4-2-3-5-12(11)13/h2-6,9,13H,7-8H2,1H3/t13-/m0/s1. The van der Waals surface area contributed by atoms with E-state index in [1.165, 1.54) is 11.1 Å². The zero-order valence-corrected chi connectivity index (χ0v) is 9.76. The summed E-state index contributed by atoms with van der Waals surface area (Å²) in [7, 11) is 0. The first-order valence-corrected chi connectivity index (χ1v) is 5.88. The minimum Gasteiger partial charge on any atom is -0.468 e. The van der Waals surface area contributed by atoms with Crippen molar-refractivity contribution in [3.63, 3.8) is 0 Å². The highest BCUT2D eigenvalue weighted by atomic mass is 16.5. The van der Waals surface area contributed by atoms with Crippen LogP contribution in [0.3, 0.4) is 0 Å². The molecule has 0 saturated carbocycles. The number of hydrogen-bond donors (Lipinski definition) is 0. The molecule has 3 heteroatoms. The number of ether oxygens (including phenoxy) is 1. The van der Waals surface area contributed by atoms with Crippen LogP contribution < -0.4 is 4.74 Å². The lowest BCUT2D eigenvalue weighted by atomic mass is 10.1. The molecular weight excluding hydrogens is 212 g/mol. The number of hydrogen-bond acceptors (Lipinski definition) is 3. The van der Waals surface area contributed by atoms with Crippen LogP contribution in [0, 0.1) is 6.92 Å². The fourth-order valence-corrected chi connectivity index (χ4v) is 2.24. The molecule has 3 nitrogen and oxygen atoms in total. The van der Waals surface area contributed by atoms with Gasteiger partial charge in [-0.05, 0) is 37.0 Å². The van der Waals surface area contributed by atoms with E-state index >= 15 is 0 Å². The summed E-state index contributed by atoms with van der Waals surface area (Å²) in [5.74, 6) is 0.609. The second kappa shape index (κ2) is 4.17. The molecule has 1 aliphatic rings. The van der Waals surface area contributed by atoms with Gasteiger partial charge in [-0.15, -0.1) is 5.10 Å². The molecule has 1 aliphatic carbocycles. The van der Waals surface area contributed by atoms with Crippen LogP contribution in [-0.2, 0) is 6.42 Å². The molecule has 1 heterocycles. The van der Waals surface area contributed by atoms with Crippen molar-refractivity contribution in [2.45, 2.75) is 25.9 Å². The third-order valence-electron chi connectivity index (χ3n) is 3.11. The minimum atomic E-state index is 0.128. The van der Waals surface area contributed by atoms with E-state index in [0.717, 1.165) is 18.5 Å². The highest BCUT2D eigenvalue weighted by molar-refractivity contribution is 5.34. The largest absolute Gasteiger partial charge is 0.468 e. The Kier molecular flexibility index (Phi) is 2.52. The molecule has 0 unspecified atom stereocenters. The highest BCUT2D eigenvalue weighted by Gasteiger charge is 2.23. The van der Waals surface area contributed by atoms with Crippen LogP contribution in [0.4, 0.5) is 0 Å². The number of benzene rings is 1. The maximum Gasteiger partial charge on any atom is 0.233 e. The van der Waals surface area contributed by atoms with Gasteiger partial charge in [0.25, 0.3) is 0 Å². The fraction of sp³-hybridized carbons (Fsp3) is 0.286. The predicted molar refractivity (Wildman–Crippen MR) is 64.9 cm³/mol. The average molecular weight is 226 g/mol. The molecule has 2 aromatic rings. The Labute approximate surface area is 100 Å². The van der Waals surface area contributed by atoms with Gasteiger partial charge in [-0.1, -0.05) is 24.3 Å². The van der Waals surface area contributed by atoms with Crippen molar-refractivity contribution in [2.75, 3.05) is 0 Å². The fourth-order valence-electron chi connectivity index (χ4n) is 2.24. The van der Waals surface area contributed by atoms with E-state index in [0.29, 0.717) is 5.88 Å². The molecule has 1 atom stereocenters. The monoisotopic (exact) mass is 226 g/mol. The van der Waals surface area contributed by atoms with Crippen molar-refractivity contribution in [1.82, 2.24) is 10.2 Å². The van der Waals surface area contributed by atoms with Crippen molar-refractivity contribution < 1.29 is 4.74 Å². The molecule has 0 N–H and O–H groups in total. The second-order valence-electron chi connectivity index (χ2n) is 4.36. The molecule has 3 rings (SSSR count). The van der Waals surface area contributed by atoms with Gasteiger partial charge in [0.15, 0.2) is 0 Å². The zero-order valence-electron chi connectivity index (χ0n) is 9.76. The summed E-state index contributed by atoms with van der Waals surface area (Å²) in [6.07, 6.45) is 2.23. The van der Waals surface area contributed by atoms with Crippen molar-refractivity contribution in [3.8, 4) is 5.88 Å². The molecule has 0 saturated heterocycles. The topological polar surface area (TPSA) is 35.0 Å². The lowest BCUT2D eigenvalue weighted by Crippen LogP contribution is -2.05. The SMILES string of the molecule is Cc1ccc(O[C@H]2CCc3ccccc32)nn1. The summed E-state index contributed by atoms with van der Waals surface area (Å²) >= 11 is 0. The first-order valence-electron chi connectivity index (χ1n) is 5.88. The third kappa shape index (κ3) is 2.00. The molecular formula is C14H14N2O. The van der Waals surface area contributed by atoms with Crippen LogP contribution in [0.2, 0.25) is 0 Å². The van der Waals surface area contributed by atoms with Crippen molar-refractivity contribution in [2.24, 2.45) is 0 Å². The van der Waals surface area contributed by atoms with Crippen LogP contribution in [0.1, 0.15) is 29.3 Å². The summed E-state index contributed by atoms with van der Waals surface area (Å²) in [5, 5.41) is 8.04. The predicted octanol–water partition coefficient (Wildman–Crippen LogP) is 2.85. The van der Waals surface area contributed by atoms with E-state index in [1.54, 1.807) is 0 Å². The van der Waals surface area contributed by atoms with Crippen LogP contribution in [0.5, 0.6) is 5.88 Å². The number of aromatic nitrogens is 2. The molecule has 0 fully saturated rings. The summed E-state index contributed by atoms with van der Waals surface area (Å²) in [4.78, 5) is 0. The summed E-state index contributed by atoms with van der Waals surface area (Å²) in [6, 6.07) is 12.2. The van der Waals surface area contributed by atoms with E-state index in [9.17, 15) is 0 Å². The number of fused-ring (bicyclic) bond motifs is 1. The van der Waals surface area contributed by atoms with Crippen LogP contribution in [0.15, 0.2) is 36.4 Å². The Bertz CT molecular complexity index is 522. The Morgan fingerprint density at radius 1 is 1.12 bits per heavy atom. The Morgan fingerprint density at radius 3 is 2.82 bits per heavy atom. The molecule has 0 amide bonds. The van der Waals surface area contributed by atoms with Crippen LogP contribution in [-0.4, -0.2) is 10.2 Å². The van der Waals surface area contributed by atoms with Gasteiger partial charge >= 0.3 is 0 Å². The lowest BCUT2D eigenvalue weighted by molar-refractivity contribution is 0.196. The van der Waals surface area contributed by atoms with Crippen LogP contribution >= 0.6 is 0 Å². The van der Waals surface area contributed by atoms with Crippen molar-refractivity contribution in [1.29, 1.82) is 0 Å². The van der Waals surface area contributed by atoms with E-state index in [2.05, 4.69) is 34.5 Å². The van der Waals surface area contributed by atoms with Gasteiger partial charge in [0.05, 0.1) is 5.69 Å². The van der Waals surface area contributed by atoms with Gasteiger partial charge in [0, 0.05) is 6.07 Å². The van der Waals surface area contributed by atoms with E-state index in [4.69, 9.17) is 4.74 Å². The molecule has 1 aromatic heterocycles. The Hall–Kier alpha value is -1.90. The quantitative estimate of drug-likeness (QED) is 0.789. The molecule has 0 aliphatic heterocycles. The summed E-state index contributed by atoms with van der Waals surface area (Å²) in [6.45, 7) is 1.92. The molecule has 1 aromatic carbocycles. The maximum absolute atomic E-state index is 5.88. The van der Waals surface area contributed by atoms with Crippen molar-refractivity contribution >= 4 is 0 Å². The third-order valence-corrected chi connectivity index (χ3v) is 3.11. The zero-order chi connectivity index (χ0) is 11.7. The smallest absolute Gasteiger partial charge is 0.233 e. The molecule has 0 spiro atoms. The minimum absolute atomic E-state index is 0.128. The lowest BCUT2D eigenvalue weighted by Gasteiger charge is -2.13. The van der Waals surface area contributed by atoms with Gasteiger partial charge in [-0.2, -0.15) is 5.10 Å². The van der Waals surface area contributed by atoms with E-state index in [1.807, 2.05) is 19.1 Å².